The van der Waals surface area contributed by atoms with E-state index in [-0.39, 0.29) is 11.5 Å². The Hall–Kier alpha value is -0.570. The molecule has 0 radical (unpaired) electrons. The van der Waals surface area contributed by atoms with Gasteiger partial charge in [-0.2, -0.15) is 0 Å². The largest absolute Gasteiger partial charge is 0.337 e. The molecule has 2 unspecified atom stereocenters. The van der Waals surface area contributed by atoms with Gasteiger partial charge in [-0.1, -0.05) is 6.42 Å². The highest BCUT2D eigenvalue weighted by Gasteiger charge is 2.44. The van der Waals surface area contributed by atoms with Crippen LogP contribution in [0.3, 0.4) is 0 Å². The number of nitrogens with zero attached hydrogens (tertiary/aromatic N) is 1. The maximum atomic E-state index is 12.8. The average molecular weight is 264 g/mol. The fourth-order valence-corrected chi connectivity index (χ4v) is 4.73. The summed E-state index contributed by atoms with van der Waals surface area (Å²) in [6.07, 6.45) is 8.21. The molecular weight excluding hydrogens is 236 g/mol. The molecule has 1 amide bonds. The van der Waals surface area contributed by atoms with E-state index < -0.39 is 0 Å². The van der Waals surface area contributed by atoms with Crippen molar-refractivity contribution in [2.45, 2.75) is 70.4 Å². The Morgan fingerprint density at radius 2 is 1.79 bits per heavy atom. The van der Waals surface area contributed by atoms with Crippen LogP contribution in [0.25, 0.3) is 0 Å². The summed E-state index contributed by atoms with van der Waals surface area (Å²) in [7, 11) is 0. The molecule has 19 heavy (non-hydrogen) atoms. The molecular formula is C16H28N2O. The number of carbonyl (C=O) groups is 1. The van der Waals surface area contributed by atoms with E-state index in [1.165, 1.54) is 19.3 Å². The van der Waals surface area contributed by atoms with Gasteiger partial charge < -0.3 is 10.6 Å². The zero-order valence-electron chi connectivity index (χ0n) is 12.4. The van der Waals surface area contributed by atoms with E-state index >= 15 is 0 Å². The van der Waals surface area contributed by atoms with Crippen LogP contribution in [0, 0.1) is 17.8 Å². The number of carbonyl (C=O) groups excluding carboxylic acids is 1. The van der Waals surface area contributed by atoms with E-state index in [2.05, 4.69) is 18.7 Å². The van der Waals surface area contributed by atoms with Crippen molar-refractivity contribution in [3.05, 3.63) is 0 Å². The highest BCUT2D eigenvalue weighted by Crippen LogP contribution is 2.43. The third-order valence-electron chi connectivity index (χ3n) is 5.93. The summed E-state index contributed by atoms with van der Waals surface area (Å²) in [5.74, 6) is 1.89. The van der Waals surface area contributed by atoms with Gasteiger partial charge in [-0.05, 0) is 64.2 Å². The Balaban J connectivity index is 1.71. The standard InChI is InChI=1S/C16H28N2O/c1-16(2)7-4-8-18(16)15(19)13-9-11-5-3-6-12(10-13)14(11)17/h11-14H,3-10,17H2,1-2H3. The Bertz CT molecular complexity index is 352. The molecule has 1 saturated heterocycles. The molecule has 2 N–H and O–H groups in total. The quantitative estimate of drug-likeness (QED) is 0.791. The first-order valence-corrected chi connectivity index (χ1v) is 8.06. The molecule has 2 aliphatic carbocycles. The molecule has 108 valence electrons. The first-order valence-electron chi connectivity index (χ1n) is 8.06. The van der Waals surface area contributed by atoms with Gasteiger partial charge >= 0.3 is 0 Å². The van der Waals surface area contributed by atoms with Gasteiger partial charge in [0.25, 0.3) is 0 Å². The van der Waals surface area contributed by atoms with Crippen LogP contribution >= 0.6 is 0 Å². The molecule has 3 fully saturated rings. The summed E-state index contributed by atoms with van der Waals surface area (Å²) in [4.78, 5) is 15.0. The van der Waals surface area contributed by atoms with E-state index in [1.54, 1.807) is 0 Å². The topological polar surface area (TPSA) is 46.3 Å². The van der Waals surface area contributed by atoms with Crippen molar-refractivity contribution in [3.8, 4) is 0 Å². The SMILES string of the molecule is CC1(C)CCCN1C(=O)C1CC2CCCC(C1)C2N. The fraction of sp³-hybridized carbons (Fsp3) is 0.938. The number of hydrogen-bond donors (Lipinski definition) is 1. The van der Waals surface area contributed by atoms with Crippen molar-refractivity contribution in [2.24, 2.45) is 23.5 Å². The minimum absolute atomic E-state index is 0.0752. The van der Waals surface area contributed by atoms with Crippen LogP contribution in [0.2, 0.25) is 0 Å². The lowest BCUT2D eigenvalue weighted by molar-refractivity contribution is -0.141. The van der Waals surface area contributed by atoms with Gasteiger partial charge in [-0.3, -0.25) is 4.79 Å². The molecule has 2 bridgehead atoms. The number of rotatable bonds is 1. The third-order valence-corrected chi connectivity index (χ3v) is 5.93. The highest BCUT2D eigenvalue weighted by atomic mass is 16.2. The van der Waals surface area contributed by atoms with Crippen molar-refractivity contribution >= 4 is 5.91 Å². The fourth-order valence-electron chi connectivity index (χ4n) is 4.73. The number of fused-ring (bicyclic) bond motifs is 2. The van der Waals surface area contributed by atoms with Crippen molar-refractivity contribution in [2.75, 3.05) is 6.54 Å². The smallest absolute Gasteiger partial charge is 0.226 e. The molecule has 2 atom stereocenters. The van der Waals surface area contributed by atoms with Crippen molar-refractivity contribution < 1.29 is 4.79 Å². The second kappa shape index (κ2) is 4.76. The van der Waals surface area contributed by atoms with Gasteiger partial charge in [0, 0.05) is 24.0 Å². The molecule has 2 saturated carbocycles. The Morgan fingerprint density at radius 3 is 2.32 bits per heavy atom. The number of likely N-dealkylation sites (tertiary alicyclic amines) is 1. The summed E-state index contributed by atoms with van der Waals surface area (Å²) in [6.45, 7) is 5.39. The first kappa shape index (κ1) is 13.4. The van der Waals surface area contributed by atoms with Crippen LogP contribution < -0.4 is 5.73 Å². The van der Waals surface area contributed by atoms with Crippen molar-refractivity contribution in [1.29, 1.82) is 0 Å². The average Bonchev–Trinajstić information content (AvgIpc) is 2.67. The molecule has 3 heteroatoms. The molecule has 0 aromatic rings. The van der Waals surface area contributed by atoms with Crippen LogP contribution in [0.4, 0.5) is 0 Å². The van der Waals surface area contributed by atoms with Gasteiger partial charge in [0.2, 0.25) is 5.91 Å². The normalized spacial score (nSPS) is 41.3. The number of amides is 1. The summed E-state index contributed by atoms with van der Waals surface area (Å²) in [5.41, 5.74) is 6.40. The minimum atomic E-state index is 0.0752. The van der Waals surface area contributed by atoms with E-state index in [9.17, 15) is 4.79 Å². The van der Waals surface area contributed by atoms with Crippen LogP contribution in [0.1, 0.15) is 58.8 Å². The molecule has 1 aliphatic heterocycles. The van der Waals surface area contributed by atoms with Gasteiger partial charge in [-0.25, -0.2) is 0 Å². The van der Waals surface area contributed by atoms with Gasteiger partial charge in [0.05, 0.1) is 0 Å². The van der Waals surface area contributed by atoms with Gasteiger partial charge in [0.1, 0.15) is 0 Å². The lowest BCUT2D eigenvalue weighted by Gasteiger charge is -2.45. The second-order valence-electron chi connectivity index (χ2n) is 7.60. The van der Waals surface area contributed by atoms with E-state index in [4.69, 9.17) is 5.73 Å². The number of nitrogens with two attached hydrogens (primary N) is 1. The second-order valence-corrected chi connectivity index (χ2v) is 7.60. The monoisotopic (exact) mass is 264 g/mol. The first-order chi connectivity index (χ1) is 8.99. The third kappa shape index (κ3) is 2.31. The van der Waals surface area contributed by atoms with Crippen LogP contribution in [0.15, 0.2) is 0 Å². The molecule has 3 rings (SSSR count). The predicted octanol–water partition coefficient (Wildman–Crippen LogP) is 2.54. The maximum Gasteiger partial charge on any atom is 0.226 e. The van der Waals surface area contributed by atoms with Crippen LogP contribution in [-0.2, 0) is 4.79 Å². The zero-order chi connectivity index (χ0) is 13.6. The lowest BCUT2D eigenvalue weighted by Crippen LogP contribution is -2.52. The molecule has 3 nitrogen and oxygen atoms in total. The molecule has 0 spiro atoms. The van der Waals surface area contributed by atoms with Crippen LogP contribution in [0.5, 0.6) is 0 Å². The van der Waals surface area contributed by atoms with E-state index in [0.29, 0.717) is 23.8 Å². The predicted molar refractivity (Wildman–Crippen MR) is 76.6 cm³/mol. The Kier molecular flexibility index (Phi) is 3.36. The van der Waals surface area contributed by atoms with Gasteiger partial charge in [-0.15, -0.1) is 0 Å². The lowest BCUT2D eigenvalue weighted by atomic mass is 9.65. The maximum absolute atomic E-state index is 12.8. The molecule has 0 aromatic carbocycles. The van der Waals surface area contributed by atoms with Crippen LogP contribution in [-0.4, -0.2) is 28.9 Å². The summed E-state index contributed by atoms with van der Waals surface area (Å²) in [5, 5.41) is 0. The molecule has 0 aromatic heterocycles. The van der Waals surface area contributed by atoms with E-state index in [0.717, 1.165) is 32.2 Å². The number of hydrogen-bond acceptors (Lipinski definition) is 2. The van der Waals surface area contributed by atoms with Gasteiger partial charge in [0.15, 0.2) is 0 Å². The summed E-state index contributed by atoms with van der Waals surface area (Å²) in [6, 6.07) is 0.365. The Labute approximate surface area is 116 Å². The Morgan fingerprint density at radius 1 is 1.16 bits per heavy atom. The molecule has 3 aliphatic rings. The van der Waals surface area contributed by atoms with E-state index in [1.807, 2.05) is 0 Å². The highest BCUT2D eigenvalue weighted by molar-refractivity contribution is 5.80. The van der Waals surface area contributed by atoms with Crippen molar-refractivity contribution in [3.63, 3.8) is 0 Å². The minimum Gasteiger partial charge on any atom is -0.337 e. The summed E-state index contributed by atoms with van der Waals surface area (Å²) >= 11 is 0. The van der Waals surface area contributed by atoms with Crippen molar-refractivity contribution in [1.82, 2.24) is 4.90 Å². The summed E-state index contributed by atoms with van der Waals surface area (Å²) < 4.78 is 0. The molecule has 1 heterocycles. The zero-order valence-corrected chi connectivity index (χ0v) is 12.4.